The summed E-state index contributed by atoms with van der Waals surface area (Å²) in [5, 5.41) is 17.1. The lowest BCUT2D eigenvalue weighted by molar-refractivity contribution is -0.153. The largest absolute Gasteiger partial charge is 0.483 e. The zero-order valence-electron chi connectivity index (χ0n) is 14.5. The number of hydrogen-bond donors (Lipinski definition) is 3. The smallest absolute Gasteiger partial charge is 0.422 e. The van der Waals surface area contributed by atoms with Gasteiger partial charge in [-0.3, -0.25) is 5.10 Å². The molecule has 0 aliphatic carbocycles. The molecule has 1 saturated heterocycles. The van der Waals surface area contributed by atoms with E-state index < -0.39 is 12.8 Å². The van der Waals surface area contributed by atoms with E-state index in [4.69, 9.17) is 14.9 Å². The lowest BCUT2D eigenvalue weighted by Gasteiger charge is -2.34. The first kappa shape index (κ1) is 19.0. The van der Waals surface area contributed by atoms with Crippen molar-refractivity contribution >= 4 is 23.7 Å². The average molecular weight is 384 g/mol. The fourth-order valence-corrected chi connectivity index (χ4v) is 2.70. The number of nitrogens with one attached hydrogen (secondary N) is 3. The van der Waals surface area contributed by atoms with Gasteiger partial charge in [0, 0.05) is 24.9 Å². The van der Waals surface area contributed by atoms with Crippen molar-refractivity contribution < 1.29 is 22.6 Å². The summed E-state index contributed by atoms with van der Waals surface area (Å²) in [5.41, 5.74) is 0.110. The second-order valence-corrected chi connectivity index (χ2v) is 6.00. The van der Waals surface area contributed by atoms with Gasteiger partial charge in [-0.1, -0.05) is 0 Å². The van der Waals surface area contributed by atoms with Gasteiger partial charge in [-0.25, -0.2) is 4.98 Å². The van der Waals surface area contributed by atoms with Crippen LogP contribution in [0.1, 0.15) is 12.5 Å². The Balaban J connectivity index is 2.00. The van der Waals surface area contributed by atoms with Crippen molar-refractivity contribution in [3.8, 4) is 5.75 Å². The number of morpholine rings is 1. The summed E-state index contributed by atoms with van der Waals surface area (Å²) < 4.78 is 48.3. The van der Waals surface area contributed by atoms with Crippen LogP contribution in [-0.2, 0) is 4.74 Å². The molecule has 0 bridgehead atoms. The fraction of sp³-hybridized carbons (Fsp3) is 0.438. The minimum atomic E-state index is -4.49. The zero-order chi connectivity index (χ0) is 19.4. The number of H-pyrrole nitrogens is 1. The molecule has 1 fully saturated rings. The van der Waals surface area contributed by atoms with Gasteiger partial charge in [0.05, 0.1) is 31.0 Å². The van der Waals surface area contributed by atoms with Gasteiger partial charge in [-0.15, -0.1) is 0 Å². The highest BCUT2D eigenvalue weighted by molar-refractivity contribution is 5.90. The van der Waals surface area contributed by atoms with Gasteiger partial charge >= 0.3 is 6.18 Å². The molecule has 2 aromatic rings. The van der Waals surface area contributed by atoms with Crippen LogP contribution in [0.15, 0.2) is 18.3 Å². The number of alkyl halides is 3. The molecule has 0 amide bonds. The predicted molar refractivity (Wildman–Crippen MR) is 93.2 cm³/mol. The van der Waals surface area contributed by atoms with Gasteiger partial charge in [0.15, 0.2) is 6.61 Å². The number of anilines is 3. The number of aromatic amines is 1. The first-order valence-electron chi connectivity index (χ1n) is 8.23. The molecule has 3 rings (SSSR count). The molecule has 3 N–H and O–H groups in total. The lowest BCUT2D eigenvalue weighted by atomic mass is 10.2. The maximum absolute atomic E-state index is 12.6. The number of rotatable bonds is 6. The standard InChI is InChI=1S/C16H19F3N6O2/c1-10-8-26-5-4-25(10)14-6-12(27-9-16(17,18)19)11(7-20)15(23-14)22-13-2-3-21-24-13/h2-3,6-7,10,20H,4-5,8-9H2,1H3,(H2,21,22,23,24). The topological polar surface area (TPSA) is 99.1 Å². The Morgan fingerprint density at radius 1 is 1.52 bits per heavy atom. The molecule has 0 spiro atoms. The molecule has 0 radical (unpaired) electrons. The van der Waals surface area contributed by atoms with Crippen molar-refractivity contribution in [2.45, 2.75) is 19.1 Å². The van der Waals surface area contributed by atoms with E-state index in [-0.39, 0.29) is 23.2 Å². The van der Waals surface area contributed by atoms with Crippen LogP contribution in [0.3, 0.4) is 0 Å². The van der Waals surface area contributed by atoms with E-state index in [1.807, 2.05) is 11.8 Å². The summed E-state index contributed by atoms with van der Waals surface area (Å²) in [4.78, 5) is 6.42. The summed E-state index contributed by atoms with van der Waals surface area (Å²) in [5.74, 6) is 1.05. The third kappa shape index (κ3) is 4.67. The molecule has 27 heavy (non-hydrogen) atoms. The van der Waals surface area contributed by atoms with E-state index in [0.29, 0.717) is 31.4 Å². The first-order valence-corrected chi connectivity index (χ1v) is 8.23. The minimum absolute atomic E-state index is 0.00690. The summed E-state index contributed by atoms with van der Waals surface area (Å²) in [6.45, 7) is 1.99. The van der Waals surface area contributed by atoms with Crippen LogP contribution >= 0.6 is 0 Å². The minimum Gasteiger partial charge on any atom is -0.483 e. The maximum atomic E-state index is 12.6. The summed E-state index contributed by atoms with van der Waals surface area (Å²) in [7, 11) is 0. The predicted octanol–water partition coefficient (Wildman–Crippen LogP) is 2.71. The van der Waals surface area contributed by atoms with E-state index in [1.54, 1.807) is 6.07 Å². The Bertz CT molecular complexity index is 781. The number of ether oxygens (including phenoxy) is 2. The van der Waals surface area contributed by atoms with Gasteiger partial charge in [-0.2, -0.15) is 18.3 Å². The Kier molecular flexibility index (Phi) is 5.49. The monoisotopic (exact) mass is 384 g/mol. The second-order valence-electron chi connectivity index (χ2n) is 6.00. The highest BCUT2D eigenvalue weighted by Crippen LogP contribution is 2.32. The number of hydrogen-bond acceptors (Lipinski definition) is 7. The van der Waals surface area contributed by atoms with Gasteiger partial charge in [0.25, 0.3) is 0 Å². The molecule has 11 heteroatoms. The number of pyridine rings is 1. The zero-order valence-corrected chi connectivity index (χ0v) is 14.5. The van der Waals surface area contributed by atoms with Crippen molar-refractivity contribution in [2.24, 2.45) is 0 Å². The van der Waals surface area contributed by atoms with Crippen molar-refractivity contribution in [3.63, 3.8) is 0 Å². The maximum Gasteiger partial charge on any atom is 0.422 e. The molecule has 1 aliphatic rings. The van der Waals surface area contributed by atoms with Crippen LogP contribution in [0.4, 0.5) is 30.6 Å². The van der Waals surface area contributed by atoms with E-state index >= 15 is 0 Å². The van der Waals surface area contributed by atoms with Crippen LogP contribution in [0.2, 0.25) is 0 Å². The second kappa shape index (κ2) is 7.82. The SMILES string of the molecule is CC1COCCN1c1cc(OCC(F)(F)F)c(C=N)c(Nc2ccn[nH]2)n1. The quantitative estimate of drug-likeness (QED) is 0.663. The van der Waals surface area contributed by atoms with Crippen molar-refractivity contribution in [1.82, 2.24) is 15.2 Å². The number of aromatic nitrogens is 3. The molecule has 8 nitrogen and oxygen atoms in total. The van der Waals surface area contributed by atoms with Crippen LogP contribution in [0.25, 0.3) is 0 Å². The van der Waals surface area contributed by atoms with Gasteiger partial charge < -0.3 is 25.1 Å². The highest BCUT2D eigenvalue weighted by atomic mass is 19.4. The third-order valence-electron chi connectivity index (χ3n) is 3.96. The molecular weight excluding hydrogens is 365 g/mol. The molecule has 3 heterocycles. The number of nitrogens with zero attached hydrogens (tertiary/aromatic N) is 3. The normalized spacial score (nSPS) is 17.6. The highest BCUT2D eigenvalue weighted by Gasteiger charge is 2.30. The fourth-order valence-electron chi connectivity index (χ4n) is 2.70. The Labute approximate surface area is 153 Å². The molecule has 1 atom stereocenters. The van der Waals surface area contributed by atoms with Crippen LogP contribution in [0.5, 0.6) is 5.75 Å². The molecule has 0 saturated carbocycles. The summed E-state index contributed by atoms with van der Waals surface area (Å²) >= 11 is 0. The average Bonchev–Trinajstić information content (AvgIpc) is 3.12. The van der Waals surface area contributed by atoms with Crippen LogP contribution in [-0.4, -0.2) is 60.0 Å². The Hall–Kier alpha value is -2.82. The lowest BCUT2D eigenvalue weighted by Crippen LogP contribution is -2.44. The summed E-state index contributed by atoms with van der Waals surface area (Å²) in [6, 6.07) is 3.05. The van der Waals surface area contributed by atoms with Crippen LogP contribution in [0, 0.1) is 5.41 Å². The van der Waals surface area contributed by atoms with E-state index in [1.165, 1.54) is 12.3 Å². The van der Waals surface area contributed by atoms with E-state index in [9.17, 15) is 13.2 Å². The van der Waals surface area contributed by atoms with Gasteiger partial charge in [0.1, 0.15) is 23.2 Å². The van der Waals surface area contributed by atoms with Gasteiger partial charge in [-0.05, 0) is 6.92 Å². The van der Waals surface area contributed by atoms with Gasteiger partial charge in [0.2, 0.25) is 0 Å². The molecule has 0 aromatic carbocycles. The van der Waals surface area contributed by atoms with E-state index in [0.717, 1.165) is 6.21 Å². The molecule has 1 aliphatic heterocycles. The Morgan fingerprint density at radius 2 is 2.33 bits per heavy atom. The van der Waals surface area contributed by atoms with Crippen LogP contribution < -0.4 is 15.0 Å². The molecule has 146 valence electrons. The number of halogens is 3. The molecular formula is C16H19F3N6O2. The van der Waals surface area contributed by atoms with Crippen molar-refractivity contribution in [1.29, 1.82) is 5.41 Å². The molecule has 2 aromatic heterocycles. The summed E-state index contributed by atoms with van der Waals surface area (Å²) in [6.07, 6.45) is -2.07. The Morgan fingerprint density at radius 3 is 2.96 bits per heavy atom. The van der Waals surface area contributed by atoms with Crippen molar-refractivity contribution in [2.75, 3.05) is 36.6 Å². The van der Waals surface area contributed by atoms with Crippen molar-refractivity contribution in [3.05, 3.63) is 23.9 Å². The first-order chi connectivity index (χ1) is 12.9. The molecule has 1 unspecified atom stereocenters. The third-order valence-corrected chi connectivity index (χ3v) is 3.96. The van der Waals surface area contributed by atoms with E-state index in [2.05, 4.69) is 20.5 Å².